The Hall–Kier alpha value is -3.78. The van der Waals surface area contributed by atoms with Crippen molar-refractivity contribution in [2.24, 2.45) is 5.92 Å². The lowest BCUT2D eigenvalue weighted by Gasteiger charge is -2.21. The number of ether oxygens (including phenoxy) is 1. The van der Waals surface area contributed by atoms with Crippen molar-refractivity contribution in [1.29, 1.82) is 0 Å². The normalized spacial score (nSPS) is 12.2. The van der Waals surface area contributed by atoms with Gasteiger partial charge in [0.15, 0.2) is 0 Å². The Morgan fingerprint density at radius 1 is 1.17 bits per heavy atom. The molecule has 0 radical (unpaired) electrons. The van der Waals surface area contributed by atoms with Gasteiger partial charge in [-0.3, -0.25) is 4.79 Å². The molecule has 0 unspecified atom stereocenters. The first-order valence-electron chi connectivity index (χ1n) is 11.9. The second-order valence-corrected chi connectivity index (χ2v) is 9.08. The van der Waals surface area contributed by atoms with E-state index < -0.39 is 5.97 Å². The maximum atomic E-state index is 14.9. The number of carboxylic acid groups (broad SMARTS) is 1. The molecule has 0 amide bonds. The topological polar surface area (TPSA) is 88.7 Å². The number of methoxy groups -OCH3 is 1. The van der Waals surface area contributed by atoms with Gasteiger partial charge in [0, 0.05) is 18.5 Å². The summed E-state index contributed by atoms with van der Waals surface area (Å²) in [5.41, 5.74) is 3.19. The lowest BCUT2D eigenvalue weighted by Crippen LogP contribution is -2.27. The monoisotopic (exact) mass is 491 g/mol. The third-order valence-electron chi connectivity index (χ3n) is 6.16. The minimum atomic E-state index is -0.781. The average molecular weight is 492 g/mol. The molecule has 2 aromatic carbocycles. The minimum Gasteiger partial charge on any atom is -0.497 e. The molecule has 0 fully saturated rings. The van der Waals surface area contributed by atoms with E-state index in [0.29, 0.717) is 36.4 Å². The van der Waals surface area contributed by atoms with Crippen LogP contribution in [0.4, 0.5) is 4.39 Å². The molecular weight excluding hydrogens is 461 g/mol. The van der Waals surface area contributed by atoms with Crippen LogP contribution in [0, 0.1) is 11.7 Å². The van der Waals surface area contributed by atoms with Gasteiger partial charge in [-0.2, -0.15) is 0 Å². The number of hydrogen-bond acceptors (Lipinski definition) is 6. The number of nitrogens with zero attached hydrogens (tertiary/aromatic N) is 3. The maximum Gasteiger partial charge on any atom is 0.303 e. The predicted molar refractivity (Wildman–Crippen MR) is 136 cm³/mol. The van der Waals surface area contributed by atoms with Crippen molar-refractivity contribution < 1.29 is 23.4 Å². The van der Waals surface area contributed by atoms with E-state index in [1.54, 1.807) is 25.3 Å². The van der Waals surface area contributed by atoms with Crippen molar-refractivity contribution in [3.63, 3.8) is 0 Å². The van der Waals surface area contributed by atoms with Gasteiger partial charge >= 0.3 is 5.97 Å². The Labute approximate surface area is 209 Å². The number of aliphatic carboxylic acids is 1. The van der Waals surface area contributed by atoms with Crippen LogP contribution in [0.2, 0.25) is 0 Å². The second kappa shape index (κ2) is 11.3. The van der Waals surface area contributed by atoms with Gasteiger partial charge in [-0.1, -0.05) is 31.2 Å². The minimum absolute atomic E-state index is 0.157. The molecule has 0 bridgehead atoms. The van der Waals surface area contributed by atoms with Crippen LogP contribution >= 0.6 is 0 Å². The smallest absolute Gasteiger partial charge is 0.303 e. The molecular formula is C28H30FN3O4. The summed E-state index contributed by atoms with van der Waals surface area (Å²) in [7, 11) is 3.60. The van der Waals surface area contributed by atoms with E-state index in [1.165, 1.54) is 12.4 Å². The highest BCUT2D eigenvalue weighted by molar-refractivity contribution is 6.01. The lowest BCUT2D eigenvalue weighted by molar-refractivity contribution is -0.137. The maximum absolute atomic E-state index is 14.9. The molecule has 1 N–H and O–H groups in total. The zero-order chi connectivity index (χ0) is 25.7. The SMILES string of the molecule is COc1ccc(-c2c(-c3ccccc3F)oc3ncnc(C[C@@H](C)CN(C)CCCC(=O)O)c23)cc1. The molecule has 0 aliphatic carbocycles. The number of fused-ring (bicyclic) bond motifs is 1. The first kappa shape index (κ1) is 25.3. The van der Waals surface area contributed by atoms with Gasteiger partial charge < -0.3 is 19.2 Å². The molecule has 0 spiro atoms. The molecule has 0 aliphatic rings. The highest BCUT2D eigenvalue weighted by atomic mass is 19.1. The highest BCUT2D eigenvalue weighted by Crippen LogP contribution is 2.42. The van der Waals surface area contributed by atoms with Crippen LogP contribution in [0.25, 0.3) is 33.6 Å². The van der Waals surface area contributed by atoms with Gasteiger partial charge in [-0.15, -0.1) is 0 Å². The van der Waals surface area contributed by atoms with Crippen molar-refractivity contribution in [1.82, 2.24) is 14.9 Å². The van der Waals surface area contributed by atoms with Crippen molar-refractivity contribution >= 4 is 17.1 Å². The fourth-order valence-electron chi connectivity index (χ4n) is 4.53. The summed E-state index contributed by atoms with van der Waals surface area (Å²) in [5, 5.41) is 9.65. The van der Waals surface area contributed by atoms with Crippen molar-refractivity contribution in [2.45, 2.75) is 26.2 Å². The second-order valence-electron chi connectivity index (χ2n) is 9.08. The molecule has 2 heterocycles. The molecule has 2 aromatic heterocycles. The number of hydrogen-bond donors (Lipinski definition) is 1. The summed E-state index contributed by atoms with van der Waals surface area (Å²) in [4.78, 5) is 21.9. The Morgan fingerprint density at radius 3 is 2.61 bits per heavy atom. The summed E-state index contributed by atoms with van der Waals surface area (Å²) < 4.78 is 26.4. The number of carboxylic acids is 1. The molecule has 0 saturated carbocycles. The van der Waals surface area contributed by atoms with Gasteiger partial charge in [0.25, 0.3) is 0 Å². The van der Waals surface area contributed by atoms with Crippen molar-refractivity contribution in [2.75, 3.05) is 27.2 Å². The summed E-state index contributed by atoms with van der Waals surface area (Å²) in [5.74, 6) is 0.200. The molecule has 4 rings (SSSR count). The van der Waals surface area contributed by atoms with E-state index in [1.807, 2.05) is 31.3 Å². The Bertz CT molecular complexity index is 1340. The Kier molecular flexibility index (Phi) is 7.95. The van der Waals surface area contributed by atoms with Crippen LogP contribution in [-0.4, -0.2) is 53.2 Å². The lowest BCUT2D eigenvalue weighted by atomic mass is 9.95. The third-order valence-corrected chi connectivity index (χ3v) is 6.16. The van der Waals surface area contributed by atoms with Crippen molar-refractivity contribution in [3.05, 3.63) is 66.4 Å². The van der Waals surface area contributed by atoms with Crippen LogP contribution in [0.3, 0.4) is 0 Å². The zero-order valence-electron chi connectivity index (χ0n) is 20.7. The van der Waals surface area contributed by atoms with Gasteiger partial charge in [0.05, 0.1) is 23.8 Å². The van der Waals surface area contributed by atoms with E-state index in [9.17, 15) is 9.18 Å². The summed E-state index contributed by atoms with van der Waals surface area (Å²) in [6.07, 6.45) is 2.89. The fourth-order valence-corrected chi connectivity index (χ4v) is 4.53. The van der Waals surface area contributed by atoms with Crippen LogP contribution in [0.15, 0.2) is 59.3 Å². The van der Waals surface area contributed by atoms with E-state index in [4.69, 9.17) is 14.3 Å². The zero-order valence-corrected chi connectivity index (χ0v) is 20.7. The molecule has 0 aliphatic heterocycles. The molecule has 8 heteroatoms. The van der Waals surface area contributed by atoms with Crippen molar-refractivity contribution in [3.8, 4) is 28.2 Å². The standard InChI is InChI=1S/C28H30FN3O4/c1-18(16-32(2)14-6-9-24(33)34)15-23-26-25(19-10-12-20(35-3)13-11-19)27(36-28(26)31-17-30-23)21-7-4-5-8-22(21)29/h4-5,7-8,10-13,17-18H,6,9,14-16H2,1-3H3,(H,33,34)/t18-/m1/s1. The van der Waals surface area contributed by atoms with Gasteiger partial charge in [-0.05, 0) is 62.2 Å². The number of halogens is 1. The number of furan rings is 1. The van der Waals surface area contributed by atoms with Crippen LogP contribution in [0.5, 0.6) is 5.75 Å². The quantitative estimate of drug-likeness (QED) is 0.289. The van der Waals surface area contributed by atoms with Crippen LogP contribution in [-0.2, 0) is 11.2 Å². The first-order chi connectivity index (χ1) is 17.4. The van der Waals surface area contributed by atoms with Gasteiger partial charge in [0.2, 0.25) is 5.71 Å². The molecule has 7 nitrogen and oxygen atoms in total. The molecule has 188 valence electrons. The first-order valence-corrected chi connectivity index (χ1v) is 11.9. The highest BCUT2D eigenvalue weighted by Gasteiger charge is 2.24. The number of aromatic nitrogens is 2. The van der Waals surface area contributed by atoms with E-state index in [-0.39, 0.29) is 18.2 Å². The summed E-state index contributed by atoms with van der Waals surface area (Å²) in [6, 6.07) is 14.1. The number of rotatable bonds is 11. The average Bonchev–Trinajstić information content (AvgIpc) is 3.24. The van der Waals surface area contributed by atoms with E-state index >= 15 is 0 Å². The van der Waals surface area contributed by atoms with Crippen LogP contribution in [0.1, 0.15) is 25.5 Å². The predicted octanol–water partition coefficient (Wildman–Crippen LogP) is 5.68. The summed E-state index contributed by atoms with van der Waals surface area (Å²) >= 11 is 0. The largest absolute Gasteiger partial charge is 0.497 e. The number of carbonyl (C=O) groups is 1. The fraction of sp³-hybridized carbons (Fsp3) is 0.321. The van der Waals surface area contributed by atoms with Gasteiger partial charge in [0.1, 0.15) is 23.7 Å². The number of benzene rings is 2. The third kappa shape index (κ3) is 5.71. The summed E-state index contributed by atoms with van der Waals surface area (Å²) in [6.45, 7) is 3.61. The molecule has 36 heavy (non-hydrogen) atoms. The molecule has 4 aromatic rings. The van der Waals surface area contributed by atoms with E-state index in [2.05, 4.69) is 21.8 Å². The van der Waals surface area contributed by atoms with E-state index in [0.717, 1.165) is 34.5 Å². The van der Waals surface area contributed by atoms with Gasteiger partial charge in [-0.25, -0.2) is 14.4 Å². The molecule has 1 atom stereocenters. The van der Waals surface area contributed by atoms with Crippen LogP contribution < -0.4 is 4.74 Å². The Balaban J connectivity index is 1.73. The Morgan fingerprint density at radius 2 is 1.92 bits per heavy atom. The molecule has 0 saturated heterocycles.